The molecule has 0 aliphatic heterocycles. The van der Waals surface area contributed by atoms with Gasteiger partial charge in [0, 0.05) is 21.0 Å². The van der Waals surface area contributed by atoms with E-state index >= 15 is 0 Å². The number of halogens is 1. The zero-order chi connectivity index (χ0) is 19.7. The predicted octanol–water partition coefficient (Wildman–Crippen LogP) is 5.40. The van der Waals surface area contributed by atoms with E-state index in [1.165, 1.54) is 0 Å². The van der Waals surface area contributed by atoms with Crippen LogP contribution in [0.5, 0.6) is 0 Å². The fourth-order valence-corrected chi connectivity index (χ4v) is 4.71. The maximum Gasteiger partial charge on any atom is 0.228 e. The van der Waals surface area contributed by atoms with Crippen LogP contribution in [0.1, 0.15) is 21.7 Å². The van der Waals surface area contributed by atoms with Crippen LogP contribution >= 0.6 is 15.9 Å². The second-order valence-electron chi connectivity index (χ2n) is 6.31. The van der Waals surface area contributed by atoms with Gasteiger partial charge in [0.2, 0.25) is 5.78 Å². The first-order valence-corrected chi connectivity index (χ1v) is 11.0. The van der Waals surface area contributed by atoms with Crippen LogP contribution < -0.4 is 0 Å². The van der Waals surface area contributed by atoms with Gasteiger partial charge in [-0.15, -0.1) is 0 Å². The van der Waals surface area contributed by atoms with Crippen molar-refractivity contribution in [1.82, 2.24) is 0 Å². The van der Waals surface area contributed by atoms with E-state index in [1.807, 2.05) is 6.07 Å². The highest BCUT2D eigenvalue weighted by Gasteiger charge is 2.26. The Morgan fingerprint density at radius 2 is 1.50 bits per heavy atom. The Hall–Kier alpha value is -2.70. The molecule has 0 bridgehead atoms. The third kappa shape index (κ3) is 3.53. The zero-order valence-corrected chi connectivity index (χ0v) is 17.0. The van der Waals surface area contributed by atoms with Crippen LogP contribution in [0.2, 0.25) is 0 Å². The summed E-state index contributed by atoms with van der Waals surface area (Å²) in [7, 11) is -3.66. The van der Waals surface area contributed by atoms with E-state index in [1.54, 1.807) is 72.8 Å². The van der Waals surface area contributed by atoms with Crippen LogP contribution in [-0.4, -0.2) is 14.2 Å². The number of fused-ring (bicyclic) bond motifs is 1. The van der Waals surface area contributed by atoms with Gasteiger partial charge in [-0.3, -0.25) is 4.79 Å². The molecule has 0 atom stereocenters. The molecule has 0 unspecified atom stereocenters. The Labute approximate surface area is 170 Å². The minimum atomic E-state index is -3.66. The maximum absolute atomic E-state index is 13.0. The SMILES string of the molecule is O=C(c1ccccc1)c1oc2ccccc2c1CS(=O)(=O)c1ccc(Br)cc1. The average molecular weight is 455 g/mol. The van der Waals surface area contributed by atoms with Gasteiger partial charge >= 0.3 is 0 Å². The summed E-state index contributed by atoms with van der Waals surface area (Å²) in [5.74, 6) is -0.592. The molecule has 1 aromatic heterocycles. The van der Waals surface area contributed by atoms with Crippen molar-refractivity contribution in [2.45, 2.75) is 10.6 Å². The Balaban J connectivity index is 1.84. The molecule has 3 aromatic carbocycles. The summed E-state index contributed by atoms with van der Waals surface area (Å²) in [6, 6.07) is 22.2. The van der Waals surface area contributed by atoms with Crippen LogP contribution in [0, 0.1) is 0 Å². The number of carbonyl (C=O) groups excluding carboxylic acids is 1. The molecule has 4 rings (SSSR count). The van der Waals surface area contributed by atoms with Crippen LogP contribution in [-0.2, 0) is 15.6 Å². The number of furan rings is 1. The molecule has 0 aliphatic rings. The number of hydrogen-bond donors (Lipinski definition) is 0. The summed E-state index contributed by atoms with van der Waals surface area (Å²) >= 11 is 3.31. The first-order chi connectivity index (χ1) is 13.5. The van der Waals surface area contributed by atoms with Crippen molar-refractivity contribution in [3.05, 3.63) is 100 Å². The fourth-order valence-electron chi connectivity index (χ4n) is 3.06. The molecule has 0 aliphatic carbocycles. The van der Waals surface area contributed by atoms with E-state index in [2.05, 4.69) is 15.9 Å². The molecule has 0 amide bonds. The number of carbonyl (C=O) groups is 1. The van der Waals surface area contributed by atoms with Gasteiger partial charge < -0.3 is 4.42 Å². The summed E-state index contributed by atoms with van der Waals surface area (Å²) in [6.45, 7) is 0. The van der Waals surface area contributed by atoms with Crippen LogP contribution in [0.25, 0.3) is 11.0 Å². The lowest BCUT2D eigenvalue weighted by atomic mass is 10.0. The molecule has 0 fully saturated rings. The number of benzene rings is 3. The van der Waals surface area contributed by atoms with Crippen LogP contribution in [0.15, 0.2) is 92.6 Å². The van der Waals surface area contributed by atoms with Crippen molar-refractivity contribution in [3.8, 4) is 0 Å². The van der Waals surface area contributed by atoms with Crippen molar-refractivity contribution >= 4 is 42.5 Å². The molecular formula is C22H15BrO4S. The number of ketones is 1. The van der Waals surface area contributed by atoms with Crippen LogP contribution in [0.4, 0.5) is 0 Å². The van der Waals surface area contributed by atoms with Gasteiger partial charge in [0.25, 0.3) is 0 Å². The van der Waals surface area contributed by atoms with Gasteiger partial charge in [0.1, 0.15) is 5.58 Å². The van der Waals surface area contributed by atoms with E-state index < -0.39 is 9.84 Å². The van der Waals surface area contributed by atoms with E-state index in [4.69, 9.17) is 4.42 Å². The minimum absolute atomic E-state index is 0.0630. The smallest absolute Gasteiger partial charge is 0.228 e. The van der Waals surface area contributed by atoms with Gasteiger partial charge in [-0.1, -0.05) is 64.5 Å². The Kier molecular flexibility index (Phi) is 4.91. The van der Waals surface area contributed by atoms with Crippen molar-refractivity contribution in [2.24, 2.45) is 0 Å². The molecular weight excluding hydrogens is 440 g/mol. The number of sulfone groups is 1. The van der Waals surface area contributed by atoms with Crippen molar-refractivity contribution < 1.29 is 17.6 Å². The maximum atomic E-state index is 13.0. The highest BCUT2D eigenvalue weighted by molar-refractivity contribution is 9.10. The standard InChI is InChI=1S/C22H15BrO4S/c23-16-10-12-17(13-11-16)28(25,26)14-19-18-8-4-5-9-20(18)27-22(19)21(24)15-6-2-1-3-7-15/h1-13H,14H2. The summed E-state index contributed by atoms with van der Waals surface area (Å²) in [6.07, 6.45) is 0. The van der Waals surface area contributed by atoms with E-state index in [0.29, 0.717) is 22.1 Å². The van der Waals surface area contributed by atoms with Crippen molar-refractivity contribution in [1.29, 1.82) is 0 Å². The van der Waals surface area contributed by atoms with Gasteiger partial charge in [-0.25, -0.2) is 8.42 Å². The molecule has 28 heavy (non-hydrogen) atoms. The predicted molar refractivity (Wildman–Crippen MR) is 111 cm³/mol. The summed E-state index contributed by atoms with van der Waals surface area (Å²) in [5.41, 5.74) is 1.32. The van der Waals surface area contributed by atoms with E-state index in [0.717, 1.165) is 4.47 Å². The highest BCUT2D eigenvalue weighted by atomic mass is 79.9. The summed E-state index contributed by atoms with van der Waals surface area (Å²) < 4.78 is 32.6. The number of para-hydroxylation sites is 1. The van der Waals surface area contributed by atoms with Gasteiger partial charge in [0.05, 0.1) is 10.6 Å². The topological polar surface area (TPSA) is 64.3 Å². The molecule has 1 heterocycles. The summed E-state index contributed by atoms with van der Waals surface area (Å²) in [4.78, 5) is 13.2. The number of rotatable bonds is 5. The summed E-state index contributed by atoms with van der Waals surface area (Å²) in [5, 5.41) is 0.627. The lowest BCUT2D eigenvalue weighted by Crippen LogP contribution is -2.09. The Bertz CT molecular complexity index is 1260. The Morgan fingerprint density at radius 3 is 2.21 bits per heavy atom. The molecule has 0 saturated carbocycles. The number of hydrogen-bond acceptors (Lipinski definition) is 4. The fraction of sp³-hybridized carbons (Fsp3) is 0.0455. The third-order valence-corrected chi connectivity index (χ3v) is 6.64. The molecule has 6 heteroatoms. The molecule has 0 N–H and O–H groups in total. The molecule has 4 aromatic rings. The average Bonchev–Trinajstić information content (AvgIpc) is 3.06. The largest absolute Gasteiger partial charge is 0.452 e. The molecule has 0 radical (unpaired) electrons. The normalized spacial score (nSPS) is 11.6. The van der Waals surface area contributed by atoms with Crippen molar-refractivity contribution in [3.63, 3.8) is 0 Å². The second-order valence-corrected chi connectivity index (χ2v) is 9.22. The van der Waals surface area contributed by atoms with Gasteiger partial charge in [0.15, 0.2) is 15.6 Å². The lowest BCUT2D eigenvalue weighted by Gasteiger charge is -2.06. The van der Waals surface area contributed by atoms with Crippen LogP contribution in [0.3, 0.4) is 0 Å². The molecule has 4 nitrogen and oxygen atoms in total. The van der Waals surface area contributed by atoms with Crippen molar-refractivity contribution in [2.75, 3.05) is 0 Å². The Morgan fingerprint density at radius 1 is 0.857 bits per heavy atom. The minimum Gasteiger partial charge on any atom is -0.452 e. The monoisotopic (exact) mass is 454 g/mol. The van der Waals surface area contributed by atoms with E-state index in [9.17, 15) is 13.2 Å². The van der Waals surface area contributed by atoms with Gasteiger partial charge in [-0.05, 0) is 30.3 Å². The lowest BCUT2D eigenvalue weighted by molar-refractivity contribution is 0.101. The molecule has 0 spiro atoms. The molecule has 140 valence electrons. The van der Waals surface area contributed by atoms with E-state index in [-0.39, 0.29) is 22.2 Å². The first-order valence-electron chi connectivity index (χ1n) is 8.54. The quantitative estimate of drug-likeness (QED) is 0.378. The van der Waals surface area contributed by atoms with Gasteiger partial charge in [-0.2, -0.15) is 0 Å². The zero-order valence-electron chi connectivity index (χ0n) is 14.6. The second kappa shape index (κ2) is 7.37. The highest BCUT2D eigenvalue weighted by Crippen LogP contribution is 2.31. The molecule has 0 saturated heterocycles. The third-order valence-electron chi connectivity index (χ3n) is 4.45. The first kappa shape index (κ1) is 18.7.